The minimum absolute atomic E-state index is 0.160. The standard InChI is InChI=1S/C17H18FNO2/c1-13-6-2-5-9-16(13)21-11-10-17(20)19-12-14-7-3-4-8-15(14)18/h2-9H,10-12H2,1H3,(H,19,20). The third kappa shape index (κ3) is 4.60. The molecule has 0 saturated heterocycles. The molecule has 0 aliphatic rings. The summed E-state index contributed by atoms with van der Waals surface area (Å²) in [5.41, 5.74) is 1.51. The Kier molecular flexibility index (Phi) is 5.32. The van der Waals surface area contributed by atoms with Crippen molar-refractivity contribution in [3.8, 4) is 5.75 Å². The number of aryl methyl sites for hydroxylation is 1. The van der Waals surface area contributed by atoms with Gasteiger partial charge in [-0.1, -0.05) is 36.4 Å². The number of carbonyl (C=O) groups excluding carboxylic acids is 1. The smallest absolute Gasteiger partial charge is 0.223 e. The highest BCUT2D eigenvalue weighted by Crippen LogP contribution is 2.16. The zero-order chi connectivity index (χ0) is 15.1. The molecule has 2 aromatic carbocycles. The summed E-state index contributed by atoms with van der Waals surface area (Å²) in [5, 5.41) is 2.68. The summed E-state index contributed by atoms with van der Waals surface area (Å²) in [6.07, 6.45) is 0.239. The molecule has 0 aromatic heterocycles. The van der Waals surface area contributed by atoms with E-state index in [0.29, 0.717) is 12.2 Å². The number of ether oxygens (including phenoxy) is 1. The maximum atomic E-state index is 13.4. The van der Waals surface area contributed by atoms with Crippen LogP contribution in [0.25, 0.3) is 0 Å². The van der Waals surface area contributed by atoms with Gasteiger partial charge in [-0.05, 0) is 24.6 Å². The summed E-state index contributed by atoms with van der Waals surface area (Å²) in [7, 11) is 0. The van der Waals surface area contributed by atoms with Crippen LogP contribution >= 0.6 is 0 Å². The Morgan fingerprint density at radius 2 is 1.86 bits per heavy atom. The Balaban J connectivity index is 1.73. The summed E-state index contributed by atoms with van der Waals surface area (Å²) in [4.78, 5) is 11.7. The van der Waals surface area contributed by atoms with Gasteiger partial charge in [-0.25, -0.2) is 4.39 Å². The van der Waals surface area contributed by atoms with Gasteiger partial charge in [-0.15, -0.1) is 0 Å². The van der Waals surface area contributed by atoms with Crippen molar-refractivity contribution in [2.45, 2.75) is 19.9 Å². The molecule has 0 aliphatic heterocycles. The van der Waals surface area contributed by atoms with Crippen molar-refractivity contribution in [3.05, 3.63) is 65.5 Å². The van der Waals surface area contributed by atoms with Gasteiger partial charge < -0.3 is 10.1 Å². The molecule has 1 amide bonds. The number of hydrogen-bond donors (Lipinski definition) is 1. The van der Waals surface area contributed by atoms with Crippen LogP contribution in [0.5, 0.6) is 5.75 Å². The van der Waals surface area contributed by atoms with E-state index >= 15 is 0 Å². The van der Waals surface area contributed by atoms with Crippen molar-refractivity contribution < 1.29 is 13.9 Å². The lowest BCUT2D eigenvalue weighted by Gasteiger charge is -2.09. The average molecular weight is 287 g/mol. The largest absolute Gasteiger partial charge is 0.493 e. The zero-order valence-corrected chi connectivity index (χ0v) is 11.9. The van der Waals surface area contributed by atoms with E-state index in [9.17, 15) is 9.18 Å². The lowest BCUT2D eigenvalue weighted by Crippen LogP contribution is -2.24. The van der Waals surface area contributed by atoms with Gasteiger partial charge in [-0.2, -0.15) is 0 Å². The van der Waals surface area contributed by atoms with E-state index in [-0.39, 0.29) is 24.7 Å². The van der Waals surface area contributed by atoms with E-state index in [1.807, 2.05) is 31.2 Å². The van der Waals surface area contributed by atoms with Crippen molar-refractivity contribution in [1.29, 1.82) is 0 Å². The van der Waals surface area contributed by atoms with E-state index in [0.717, 1.165) is 11.3 Å². The molecule has 1 N–H and O–H groups in total. The van der Waals surface area contributed by atoms with Crippen molar-refractivity contribution >= 4 is 5.91 Å². The molecule has 0 heterocycles. The van der Waals surface area contributed by atoms with Gasteiger partial charge in [0.2, 0.25) is 5.91 Å². The quantitative estimate of drug-likeness (QED) is 0.886. The molecule has 0 unspecified atom stereocenters. The first-order valence-electron chi connectivity index (χ1n) is 6.85. The summed E-state index contributed by atoms with van der Waals surface area (Å²) >= 11 is 0. The van der Waals surface area contributed by atoms with Crippen molar-refractivity contribution in [2.24, 2.45) is 0 Å². The van der Waals surface area contributed by atoms with Crippen molar-refractivity contribution in [2.75, 3.05) is 6.61 Å². The van der Waals surface area contributed by atoms with Crippen LogP contribution in [-0.4, -0.2) is 12.5 Å². The molecule has 2 rings (SSSR count). The number of amides is 1. The minimum atomic E-state index is -0.311. The van der Waals surface area contributed by atoms with Crippen LogP contribution < -0.4 is 10.1 Å². The predicted octanol–water partition coefficient (Wildman–Crippen LogP) is 3.22. The molecule has 0 saturated carbocycles. The van der Waals surface area contributed by atoms with Gasteiger partial charge in [0.15, 0.2) is 0 Å². The number of rotatable bonds is 6. The first-order valence-corrected chi connectivity index (χ1v) is 6.85. The molecule has 110 valence electrons. The van der Waals surface area contributed by atoms with Crippen molar-refractivity contribution in [1.82, 2.24) is 5.32 Å². The van der Waals surface area contributed by atoms with Gasteiger partial charge in [0.1, 0.15) is 11.6 Å². The van der Waals surface area contributed by atoms with Gasteiger partial charge in [0.05, 0.1) is 13.0 Å². The Bertz CT molecular complexity index is 613. The fourth-order valence-corrected chi connectivity index (χ4v) is 1.90. The highest BCUT2D eigenvalue weighted by atomic mass is 19.1. The lowest BCUT2D eigenvalue weighted by molar-refractivity contribution is -0.121. The van der Waals surface area contributed by atoms with Crippen LogP contribution in [0.4, 0.5) is 4.39 Å². The SMILES string of the molecule is Cc1ccccc1OCCC(=O)NCc1ccccc1F. The lowest BCUT2D eigenvalue weighted by atomic mass is 10.2. The van der Waals surface area contributed by atoms with Crippen LogP contribution in [0.15, 0.2) is 48.5 Å². The molecule has 3 nitrogen and oxygen atoms in total. The molecule has 0 atom stereocenters. The van der Waals surface area contributed by atoms with Crippen LogP contribution in [0.1, 0.15) is 17.5 Å². The average Bonchev–Trinajstić information content (AvgIpc) is 2.48. The second-order valence-electron chi connectivity index (χ2n) is 4.73. The molecule has 21 heavy (non-hydrogen) atoms. The third-order valence-electron chi connectivity index (χ3n) is 3.11. The Morgan fingerprint density at radius 1 is 1.14 bits per heavy atom. The molecule has 0 fully saturated rings. The first-order chi connectivity index (χ1) is 10.2. The number of halogens is 1. The van der Waals surface area contributed by atoms with Gasteiger partial charge >= 0.3 is 0 Å². The molecule has 0 bridgehead atoms. The van der Waals surface area contributed by atoms with E-state index in [2.05, 4.69) is 5.32 Å². The Morgan fingerprint density at radius 3 is 2.62 bits per heavy atom. The van der Waals surface area contributed by atoms with Gasteiger partial charge in [-0.3, -0.25) is 4.79 Å². The number of hydrogen-bond acceptors (Lipinski definition) is 2. The third-order valence-corrected chi connectivity index (χ3v) is 3.11. The predicted molar refractivity (Wildman–Crippen MR) is 79.5 cm³/mol. The molecule has 0 spiro atoms. The first kappa shape index (κ1) is 15.0. The maximum Gasteiger partial charge on any atom is 0.223 e. The zero-order valence-electron chi connectivity index (χ0n) is 11.9. The molecular formula is C17H18FNO2. The number of carbonyl (C=O) groups is 1. The normalized spacial score (nSPS) is 10.2. The summed E-state index contributed by atoms with van der Waals surface area (Å²) in [5.74, 6) is 0.306. The van der Waals surface area contributed by atoms with Crippen LogP contribution in [0.2, 0.25) is 0 Å². The number of para-hydroxylation sites is 1. The van der Waals surface area contributed by atoms with Crippen LogP contribution in [0.3, 0.4) is 0 Å². The van der Waals surface area contributed by atoms with E-state index in [4.69, 9.17) is 4.74 Å². The van der Waals surface area contributed by atoms with Crippen LogP contribution in [-0.2, 0) is 11.3 Å². The van der Waals surface area contributed by atoms with Crippen LogP contribution in [0, 0.1) is 12.7 Å². The molecule has 4 heteroatoms. The summed E-state index contributed by atoms with van der Waals surface area (Å²) in [6, 6.07) is 14.0. The number of benzene rings is 2. The highest BCUT2D eigenvalue weighted by molar-refractivity contribution is 5.76. The maximum absolute atomic E-state index is 13.4. The highest BCUT2D eigenvalue weighted by Gasteiger charge is 2.05. The molecule has 0 radical (unpaired) electrons. The van der Waals surface area contributed by atoms with E-state index in [1.54, 1.807) is 18.2 Å². The molecular weight excluding hydrogens is 269 g/mol. The number of nitrogens with one attached hydrogen (secondary N) is 1. The molecule has 2 aromatic rings. The van der Waals surface area contributed by atoms with Gasteiger partial charge in [0, 0.05) is 12.1 Å². The van der Waals surface area contributed by atoms with E-state index < -0.39 is 0 Å². The second kappa shape index (κ2) is 7.43. The second-order valence-corrected chi connectivity index (χ2v) is 4.73. The monoisotopic (exact) mass is 287 g/mol. The fourth-order valence-electron chi connectivity index (χ4n) is 1.90. The Labute approximate surface area is 123 Å². The summed E-state index contributed by atoms with van der Waals surface area (Å²) < 4.78 is 18.9. The summed E-state index contributed by atoms with van der Waals surface area (Å²) in [6.45, 7) is 2.44. The van der Waals surface area contributed by atoms with E-state index in [1.165, 1.54) is 6.07 Å². The van der Waals surface area contributed by atoms with Gasteiger partial charge in [0.25, 0.3) is 0 Å². The topological polar surface area (TPSA) is 38.3 Å². The Hall–Kier alpha value is -2.36. The van der Waals surface area contributed by atoms with Crippen molar-refractivity contribution in [3.63, 3.8) is 0 Å². The fraction of sp³-hybridized carbons (Fsp3) is 0.235. The molecule has 0 aliphatic carbocycles. The minimum Gasteiger partial charge on any atom is -0.493 e.